The van der Waals surface area contributed by atoms with Crippen LogP contribution in [-0.4, -0.2) is 208 Å². The number of amides is 7. The van der Waals surface area contributed by atoms with Crippen LogP contribution in [0.4, 0.5) is 10.5 Å². The minimum absolute atomic E-state index is 0.00202. The van der Waals surface area contributed by atoms with Gasteiger partial charge in [-0.15, -0.1) is 0 Å². The average molecular weight is 1250 g/mol. The van der Waals surface area contributed by atoms with Gasteiger partial charge in [0.1, 0.15) is 42.8 Å². The summed E-state index contributed by atoms with van der Waals surface area (Å²) in [6.07, 6.45) is -11.6. The summed E-state index contributed by atoms with van der Waals surface area (Å²) >= 11 is 3.02. The van der Waals surface area contributed by atoms with E-state index in [-0.39, 0.29) is 65.4 Å². The summed E-state index contributed by atoms with van der Waals surface area (Å²) in [5.41, 5.74) is 0.842. The van der Waals surface area contributed by atoms with Crippen LogP contribution in [0.25, 0.3) is 0 Å². The molecule has 2 fully saturated rings. The molecule has 2 saturated heterocycles. The Morgan fingerprint density at radius 3 is 2.08 bits per heavy atom. The number of carbonyl (C=O) groups is 8. The van der Waals surface area contributed by atoms with Crippen LogP contribution >= 0.6 is 15.9 Å². The molecule has 26 heteroatoms. The maximum absolute atomic E-state index is 14.8. The molecule has 4 rings (SSSR count). The van der Waals surface area contributed by atoms with Gasteiger partial charge < -0.3 is 80.3 Å². The number of aliphatic hydroxyl groups is 4. The molecule has 0 bridgehead atoms. The Labute approximate surface area is 499 Å². The summed E-state index contributed by atoms with van der Waals surface area (Å²) in [7, 11) is 5.95. The highest BCUT2D eigenvalue weighted by atomic mass is 79.9. The molecule has 25 nitrogen and oxygen atoms in total. The largest absolute Gasteiger partial charge is 0.479 e. The van der Waals surface area contributed by atoms with E-state index in [1.807, 2.05) is 32.0 Å². The van der Waals surface area contributed by atoms with Gasteiger partial charge in [0, 0.05) is 47.8 Å². The number of aliphatic hydroxyl groups excluding tert-OH is 4. The van der Waals surface area contributed by atoms with Crippen LogP contribution in [0.1, 0.15) is 105 Å². The van der Waals surface area contributed by atoms with Crippen molar-refractivity contribution in [3.05, 3.63) is 59.7 Å². The predicted octanol–water partition coefficient (Wildman–Crippen LogP) is 2.69. The van der Waals surface area contributed by atoms with Crippen LogP contribution in [0.2, 0.25) is 0 Å². The van der Waals surface area contributed by atoms with Gasteiger partial charge in [-0.1, -0.05) is 107 Å². The van der Waals surface area contributed by atoms with Crippen LogP contribution < -0.4 is 26.0 Å². The fourth-order valence-electron chi connectivity index (χ4n) is 10.7. The number of anilines is 1. The number of hydrogen-bond donors (Lipinski definition) is 9. The molecular formula is C58H88BrN7O18. The maximum atomic E-state index is 14.8. The first kappa shape index (κ1) is 70.5. The Hall–Kier alpha value is -6.00. The summed E-state index contributed by atoms with van der Waals surface area (Å²) in [6.45, 7) is 14.2. The number of nitrogens with zero attached hydrogens (tertiary/aromatic N) is 3. The molecule has 9 N–H and O–H groups in total. The first-order valence-corrected chi connectivity index (χ1v) is 29.5. The lowest BCUT2D eigenvalue weighted by molar-refractivity contribution is -0.271. The van der Waals surface area contributed by atoms with Crippen molar-refractivity contribution in [3.8, 4) is 5.75 Å². The molecule has 470 valence electrons. The Morgan fingerprint density at radius 1 is 0.833 bits per heavy atom. The fourth-order valence-corrected chi connectivity index (χ4v) is 10.9. The van der Waals surface area contributed by atoms with Crippen molar-refractivity contribution in [1.29, 1.82) is 0 Å². The number of aliphatic carboxylic acids is 1. The number of ether oxygens (including phenoxy) is 5. The normalized spacial score (nSPS) is 22.0. The van der Waals surface area contributed by atoms with E-state index in [0.29, 0.717) is 31.4 Å². The number of benzene rings is 2. The van der Waals surface area contributed by atoms with E-state index in [0.717, 1.165) is 4.90 Å². The van der Waals surface area contributed by atoms with E-state index in [1.165, 1.54) is 44.4 Å². The van der Waals surface area contributed by atoms with Crippen LogP contribution in [0.3, 0.4) is 0 Å². The Morgan fingerprint density at radius 2 is 1.50 bits per heavy atom. The van der Waals surface area contributed by atoms with Gasteiger partial charge in [-0.2, -0.15) is 0 Å². The third-order valence-electron chi connectivity index (χ3n) is 15.6. The smallest absolute Gasteiger partial charge is 0.410 e. The molecule has 0 aromatic heterocycles. The Bertz CT molecular complexity index is 2530. The number of carbonyl (C=O) groups excluding carboxylic acids is 7. The molecule has 2 aromatic carbocycles. The molecule has 15 atom stereocenters. The topological polar surface area (TPSA) is 342 Å². The zero-order chi connectivity index (χ0) is 62.9. The minimum atomic E-state index is -2.00. The molecular weight excluding hydrogens is 1160 g/mol. The van der Waals surface area contributed by atoms with E-state index in [9.17, 15) is 63.9 Å². The maximum Gasteiger partial charge on any atom is 0.410 e. The van der Waals surface area contributed by atoms with Gasteiger partial charge >= 0.3 is 12.1 Å². The summed E-state index contributed by atoms with van der Waals surface area (Å²) in [4.78, 5) is 112. The third-order valence-corrected chi connectivity index (χ3v) is 16.1. The van der Waals surface area contributed by atoms with E-state index < -0.39 is 133 Å². The van der Waals surface area contributed by atoms with E-state index in [2.05, 4.69) is 37.2 Å². The zero-order valence-electron chi connectivity index (χ0n) is 50.1. The molecule has 0 saturated carbocycles. The highest BCUT2D eigenvalue weighted by molar-refractivity contribution is 9.09. The van der Waals surface area contributed by atoms with Crippen LogP contribution in [0.15, 0.2) is 48.5 Å². The number of alkyl halides is 1. The summed E-state index contributed by atoms with van der Waals surface area (Å²) < 4.78 is 28.7. The second-order valence-electron chi connectivity index (χ2n) is 22.3. The Balaban J connectivity index is 1.48. The number of halogens is 1. The van der Waals surface area contributed by atoms with Crippen molar-refractivity contribution in [2.24, 2.45) is 23.7 Å². The first-order valence-electron chi connectivity index (χ1n) is 28.3. The fraction of sp³-hybridized carbons (Fsp3) is 0.655. The van der Waals surface area contributed by atoms with Crippen LogP contribution in [0.5, 0.6) is 5.75 Å². The lowest BCUT2D eigenvalue weighted by Crippen LogP contribution is -2.61. The summed E-state index contributed by atoms with van der Waals surface area (Å²) in [5.74, 6) is -6.44. The number of nitrogens with one attached hydrogen (secondary N) is 4. The molecule has 0 aliphatic carbocycles. The second kappa shape index (κ2) is 33.1. The number of carboxylic acids is 1. The molecule has 0 spiro atoms. The molecule has 2 heterocycles. The number of carboxylic acid groups (broad SMARTS) is 1. The molecule has 0 radical (unpaired) electrons. The van der Waals surface area contributed by atoms with E-state index in [4.69, 9.17) is 23.7 Å². The molecule has 7 amide bonds. The van der Waals surface area contributed by atoms with Gasteiger partial charge in [-0.05, 0) is 60.8 Å². The van der Waals surface area contributed by atoms with E-state index in [1.54, 1.807) is 65.6 Å². The summed E-state index contributed by atoms with van der Waals surface area (Å²) in [6, 6.07) is 9.05. The van der Waals surface area contributed by atoms with Crippen molar-refractivity contribution < 1.29 is 87.6 Å². The SMILES string of the molecule is CC[C@H](C)C([C@@H](CC(=O)N1CCC[C@H]1[C@H](OC)[C@@H](C)C(=O)N[C@H](C)[C@@H](O)c1ccccc1)OC)N(C)C(=O)[C@@H](NC(=O)C(C(C)C)N(C)C(=O)OCc1ccc(OC2O[C@H](C(=O)O)[C@@H](O)[C@H](O)[C@H]2O)c(NC(=O)CCNC(=O)CBr)c1)C(C)C. The van der Waals surface area contributed by atoms with Crippen molar-refractivity contribution in [2.75, 3.05) is 52.1 Å². The molecule has 2 aromatic rings. The quantitative estimate of drug-likeness (QED) is 0.0508. The van der Waals surface area contributed by atoms with Gasteiger partial charge in [-0.25, -0.2) is 9.59 Å². The van der Waals surface area contributed by atoms with Crippen molar-refractivity contribution in [2.45, 2.75) is 173 Å². The third kappa shape index (κ3) is 18.5. The van der Waals surface area contributed by atoms with Crippen molar-refractivity contribution in [3.63, 3.8) is 0 Å². The number of methoxy groups -OCH3 is 2. The predicted molar refractivity (Wildman–Crippen MR) is 310 cm³/mol. The van der Waals surface area contributed by atoms with Crippen molar-refractivity contribution >= 4 is 69.1 Å². The van der Waals surface area contributed by atoms with Gasteiger partial charge in [0.2, 0.25) is 41.7 Å². The van der Waals surface area contributed by atoms with Crippen LogP contribution in [0, 0.1) is 23.7 Å². The van der Waals surface area contributed by atoms with Crippen LogP contribution in [-0.2, 0) is 59.1 Å². The summed E-state index contributed by atoms with van der Waals surface area (Å²) in [5, 5.41) is 62.6. The van der Waals surface area contributed by atoms with Crippen molar-refractivity contribution in [1.82, 2.24) is 30.7 Å². The number of likely N-dealkylation sites (tertiary alicyclic amines) is 1. The zero-order valence-corrected chi connectivity index (χ0v) is 51.6. The van der Waals surface area contributed by atoms with E-state index >= 15 is 0 Å². The molecule has 2 aliphatic rings. The molecule has 84 heavy (non-hydrogen) atoms. The monoisotopic (exact) mass is 1250 g/mol. The van der Waals surface area contributed by atoms with Gasteiger partial charge in [0.05, 0.1) is 59.8 Å². The van der Waals surface area contributed by atoms with Gasteiger partial charge in [0.15, 0.2) is 6.10 Å². The second-order valence-corrected chi connectivity index (χ2v) is 22.9. The number of rotatable bonds is 30. The molecule has 3 unspecified atom stereocenters. The van der Waals surface area contributed by atoms with Gasteiger partial charge in [0.25, 0.3) is 0 Å². The minimum Gasteiger partial charge on any atom is -0.479 e. The number of hydrogen-bond acceptors (Lipinski definition) is 17. The van der Waals surface area contributed by atoms with Gasteiger partial charge in [-0.3, -0.25) is 33.7 Å². The lowest BCUT2D eigenvalue weighted by Gasteiger charge is -2.41. The highest BCUT2D eigenvalue weighted by Crippen LogP contribution is 2.33. The average Bonchev–Trinajstić information content (AvgIpc) is 2.90. The number of likely N-dealkylation sites (N-methyl/N-ethyl adjacent to an activating group) is 2. The Kier molecular flexibility index (Phi) is 27.7. The first-order chi connectivity index (χ1) is 39.6. The standard InChI is InChI=1S/C58H88BrN7O18/c1-13-32(6)46(40(80-11)27-43(69)66-25-17-20-38(66)51(81-12)33(7)53(74)61-34(8)47(70)36-18-15-14-16-19-36)64(9)55(76)44(30(2)3)63-54(75)45(31(4)5)65(10)58(79)82-29-35-21-22-39(37(26-35)62-41(67)23-24-60-42(68)28-59)83-57-50(73)48(71)49(72)52(84-57)56(77)78/h14-16,18-19,21-22,26,30-34,38,40,44-52,57,70-73H,13,17,20,23-25,27-29H2,1-12H3,(H,60,68)(H,61,74)(H,62,67)(H,63,75)(H,77,78)/t32-,33+,34+,38-,40+,44-,45?,46?,47+,48-,49-,50+,51+,52-,57?/m0/s1. The molecule has 2 aliphatic heterocycles. The highest BCUT2D eigenvalue weighted by Gasteiger charge is 2.49. The lowest BCUT2D eigenvalue weighted by atomic mass is 9.89.